The molecule has 7 nitrogen and oxygen atoms in total. The molecule has 0 spiro atoms. The van der Waals surface area contributed by atoms with Gasteiger partial charge in [0.25, 0.3) is 12.4 Å². The van der Waals surface area contributed by atoms with E-state index in [0.29, 0.717) is 17.7 Å². The Morgan fingerprint density at radius 1 is 0.875 bits per heavy atom. The van der Waals surface area contributed by atoms with Crippen LogP contribution >= 0.6 is 0 Å². The lowest BCUT2D eigenvalue weighted by atomic mass is 10.0. The van der Waals surface area contributed by atoms with Crippen molar-refractivity contribution in [3.63, 3.8) is 0 Å². The molecule has 0 aliphatic carbocycles. The molecular formula is C33H36N2O5. The minimum Gasteiger partial charge on any atom is -0.493 e. The summed E-state index contributed by atoms with van der Waals surface area (Å²) in [6, 6.07) is 28.3. The molecule has 0 saturated heterocycles. The number of carbonyl (C=O) groups is 2. The van der Waals surface area contributed by atoms with Gasteiger partial charge in [-0.2, -0.15) is 0 Å². The number of carbonyl (C=O) groups excluding carboxylic acids is 1. The third kappa shape index (κ3) is 8.78. The molecular weight excluding hydrogens is 504 g/mol. The van der Waals surface area contributed by atoms with Crippen molar-refractivity contribution in [2.24, 2.45) is 0 Å². The van der Waals surface area contributed by atoms with Crippen LogP contribution in [0.25, 0.3) is 11.1 Å². The van der Waals surface area contributed by atoms with Crippen molar-refractivity contribution in [3.05, 3.63) is 120 Å². The van der Waals surface area contributed by atoms with Crippen LogP contribution in [0.15, 0.2) is 103 Å². The lowest BCUT2D eigenvalue weighted by molar-refractivity contribution is -0.122. The van der Waals surface area contributed by atoms with Gasteiger partial charge in [-0.1, -0.05) is 86.8 Å². The van der Waals surface area contributed by atoms with Crippen LogP contribution in [0, 0.1) is 0 Å². The lowest BCUT2D eigenvalue weighted by Gasteiger charge is -2.29. The summed E-state index contributed by atoms with van der Waals surface area (Å²) in [7, 11) is 0. The summed E-state index contributed by atoms with van der Waals surface area (Å²) in [6.45, 7) is 2.78. The Labute approximate surface area is 235 Å². The van der Waals surface area contributed by atoms with Gasteiger partial charge in [-0.3, -0.25) is 14.6 Å². The molecule has 1 amide bonds. The van der Waals surface area contributed by atoms with Gasteiger partial charge in [0, 0.05) is 29.1 Å². The van der Waals surface area contributed by atoms with E-state index in [9.17, 15) is 9.90 Å². The van der Waals surface area contributed by atoms with Crippen molar-refractivity contribution in [3.8, 4) is 16.9 Å². The van der Waals surface area contributed by atoms with Crippen molar-refractivity contribution in [1.29, 1.82) is 0 Å². The minimum atomic E-state index is -1.11. The molecule has 40 heavy (non-hydrogen) atoms. The predicted octanol–water partition coefficient (Wildman–Crippen LogP) is 6.74. The fraction of sp³-hybridized carbons (Fsp3) is 0.242. The summed E-state index contributed by atoms with van der Waals surface area (Å²) in [5.74, 6) is 0.487. The van der Waals surface area contributed by atoms with E-state index < -0.39 is 6.23 Å². The number of amides is 1. The summed E-state index contributed by atoms with van der Waals surface area (Å²) in [5.41, 5.74) is 4.04. The van der Waals surface area contributed by atoms with E-state index in [-0.39, 0.29) is 18.9 Å². The monoisotopic (exact) mass is 540 g/mol. The van der Waals surface area contributed by atoms with E-state index in [4.69, 9.17) is 14.6 Å². The number of rotatable bonds is 12. The highest BCUT2D eigenvalue weighted by molar-refractivity contribution is 5.95. The Morgan fingerprint density at radius 2 is 1.50 bits per heavy atom. The van der Waals surface area contributed by atoms with E-state index in [1.165, 1.54) is 17.7 Å². The van der Waals surface area contributed by atoms with Crippen LogP contribution in [0.2, 0.25) is 0 Å². The Balaban J connectivity index is 0.00000141. The molecule has 0 radical (unpaired) electrons. The Kier molecular flexibility index (Phi) is 12.4. The Morgan fingerprint density at radius 3 is 2.17 bits per heavy atom. The van der Waals surface area contributed by atoms with Crippen LogP contribution in [0.5, 0.6) is 5.75 Å². The van der Waals surface area contributed by atoms with Crippen molar-refractivity contribution in [2.45, 2.75) is 45.4 Å². The third-order valence-electron chi connectivity index (χ3n) is 6.37. The van der Waals surface area contributed by atoms with E-state index in [0.717, 1.165) is 35.3 Å². The summed E-state index contributed by atoms with van der Waals surface area (Å²) >= 11 is 0. The Hall–Kier alpha value is -4.49. The number of aromatic nitrogens is 1. The number of unbranched alkanes of at least 4 members (excludes halogenated alkanes) is 3. The second-order valence-corrected chi connectivity index (χ2v) is 9.15. The summed E-state index contributed by atoms with van der Waals surface area (Å²) in [5, 5.41) is 18.2. The van der Waals surface area contributed by atoms with Crippen molar-refractivity contribution in [1.82, 2.24) is 9.88 Å². The minimum absolute atomic E-state index is 0.214. The Bertz CT molecular complexity index is 1300. The fourth-order valence-corrected chi connectivity index (χ4v) is 4.26. The molecule has 1 heterocycles. The topological polar surface area (TPSA) is 100.0 Å². The molecule has 2 N–H and O–H groups in total. The number of aliphatic hydroxyl groups excluding tert-OH is 1. The molecule has 3 aromatic carbocycles. The first-order valence-corrected chi connectivity index (χ1v) is 13.4. The fourth-order valence-electron chi connectivity index (χ4n) is 4.26. The molecule has 7 heteroatoms. The van der Waals surface area contributed by atoms with Gasteiger partial charge in [0.15, 0.2) is 6.23 Å². The standard InChI is InChI=1S/C32H34N2O3.CH2O2/c1-2-3-4-10-23-37-30-14-9-8-13-29(30)24-34(31(35)27-11-6-5-7-12-27)32(36)28-17-15-25(16-18-28)26-19-21-33-22-20-26;2-1-3/h5-9,11-22,31,35H,2-4,10,23-24H2,1H3;1H,(H,2,3). The van der Waals surface area contributed by atoms with Crippen LogP contribution in [0.1, 0.15) is 60.3 Å². The molecule has 0 aliphatic heterocycles. The maximum atomic E-state index is 13.8. The first-order chi connectivity index (χ1) is 19.6. The van der Waals surface area contributed by atoms with Crippen molar-refractivity contribution < 1.29 is 24.5 Å². The van der Waals surface area contributed by atoms with Crippen LogP contribution < -0.4 is 4.74 Å². The maximum absolute atomic E-state index is 13.8. The number of hydrogen-bond acceptors (Lipinski definition) is 5. The van der Waals surface area contributed by atoms with Crippen molar-refractivity contribution in [2.75, 3.05) is 6.61 Å². The van der Waals surface area contributed by atoms with Gasteiger partial charge < -0.3 is 19.8 Å². The van der Waals surface area contributed by atoms with Gasteiger partial charge in [0.1, 0.15) is 5.75 Å². The molecule has 1 unspecified atom stereocenters. The molecule has 208 valence electrons. The summed E-state index contributed by atoms with van der Waals surface area (Å²) in [6.07, 6.45) is 6.87. The van der Waals surface area contributed by atoms with Crippen LogP contribution in [0.4, 0.5) is 0 Å². The van der Waals surface area contributed by atoms with E-state index in [2.05, 4.69) is 11.9 Å². The largest absolute Gasteiger partial charge is 0.493 e. The quantitative estimate of drug-likeness (QED) is 0.117. The zero-order chi connectivity index (χ0) is 28.6. The zero-order valence-corrected chi connectivity index (χ0v) is 22.7. The summed E-state index contributed by atoms with van der Waals surface area (Å²) < 4.78 is 6.10. The molecule has 4 rings (SSSR count). The molecule has 0 bridgehead atoms. The average Bonchev–Trinajstić information content (AvgIpc) is 3.01. The van der Waals surface area contributed by atoms with E-state index in [1.807, 2.05) is 78.9 Å². The molecule has 0 aliphatic rings. The molecule has 0 saturated carbocycles. The normalized spacial score (nSPS) is 11.1. The highest BCUT2D eigenvalue weighted by atomic mass is 16.5. The second-order valence-electron chi connectivity index (χ2n) is 9.15. The van der Waals surface area contributed by atoms with E-state index >= 15 is 0 Å². The van der Waals surface area contributed by atoms with E-state index in [1.54, 1.807) is 24.5 Å². The van der Waals surface area contributed by atoms with Crippen LogP contribution in [-0.2, 0) is 11.3 Å². The van der Waals surface area contributed by atoms with Crippen molar-refractivity contribution >= 4 is 12.4 Å². The van der Waals surface area contributed by atoms with Crippen LogP contribution in [-0.4, -0.2) is 39.1 Å². The number of nitrogens with zero attached hydrogens (tertiary/aromatic N) is 2. The smallest absolute Gasteiger partial charge is 0.290 e. The number of pyridine rings is 1. The molecule has 1 atom stereocenters. The predicted molar refractivity (Wildman–Crippen MR) is 156 cm³/mol. The first-order valence-electron chi connectivity index (χ1n) is 13.4. The number of para-hydroxylation sites is 1. The SMILES string of the molecule is CCCCCCOc1ccccc1CN(C(=O)c1ccc(-c2ccncc2)cc1)C(O)c1ccccc1.O=CO. The number of aliphatic hydroxyl groups is 1. The third-order valence-corrected chi connectivity index (χ3v) is 6.37. The number of carboxylic acid groups (broad SMARTS) is 1. The summed E-state index contributed by atoms with van der Waals surface area (Å²) in [4.78, 5) is 27.7. The van der Waals surface area contributed by atoms with Crippen LogP contribution in [0.3, 0.4) is 0 Å². The molecule has 0 fully saturated rings. The maximum Gasteiger partial charge on any atom is 0.290 e. The van der Waals surface area contributed by atoms with Gasteiger partial charge in [0.2, 0.25) is 0 Å². The molecule has 1 aromatic heterocycles. The van der Waals surface area contributed by atoms with Gasteiger partial charge >= 0.3 is 0 Å². The van der Waals surface area contributed by atoms with Gasteiger partial charge in [-0.15, -0.1) is 0 Å². The first kappa shape index (κ1) is 30.1. The lowest BCUT2D eigenvalue weighted by Crippen LogP contribution is -2.34. The van der Waals surface area contributed by atoms with Gasteiger partial charge in [0.05, 0.1) is 13.2 Å². The van der Waals surface area contributed by atoms with Gasteiger partial charge in [-0.05, 0) is 47.9 Å². The second kappa shape index (κ2) is 16.5. The molecule has 4 aromatic rings. The number of ether oxygens (including phenoxy) is 1. The van der Waals surface area contributed by atoms with Gasteiger partial charge in [-0.25, -0.2) is 0 Å². The highest BCUT2D eigenvalue weighted by Gasteiger charge is 2.26. The highest BCUT2D eigenvalue weighted by Crippen LogP contribution is 2.28. The number of hydrogen-bond donors (Lipinski definition) is 2. The average molecular weight is 541 g/mol. The number of benzene rings is 3. The zero-order valence-electron chi connectivity index (χ0n) is 22.7.